The summed E-state index contributed by atoms with van der Waals surface area (Å²) in [6.45, 7) is 4.41. The Kier molecular flexibility index (Phi) is 43.2. The zero-order valence-electron chi connectivity index (χ0n) is 41.2. The maximum Gasteiger partial charge on any atom is 0.306 e. The van der Waals surface area contributed by atoms with Crippen molar-refractivity contribution in [2.24, 2.45) is 0 Å². The predicted octanol–water partition coefficient (Wildman–Crippen LogP) is 13.0. The molecule has 1 aliphatic rings. The molecule has 1 fully saturated rings. The molecule has 0 aromatic carbocycles. The number of hydrogen-bond acceptors (Lipinski definition) is 9. The van der Waals surface area contributed by atoms with Crippen LogP contribution in [0, 0.1) is 0 Å². The van der Waals surface area contributed by atoms with Crippen LogP contribution in [0.15, 0.2) is 85.1 Å². The minimum absolute atomic E-state index is 0.128. The summed E-state index contributed by atoms with van der Waals surface area (Å²) in [5.41, 5.74) is 0. The minimum atomic E-state index is -1.55. The van der Waals surface area contributed by atoms with Crippen molar-refractivity contribution in [2.75, 3.05) is 26.4 Å². The third-order valence-corrected chi connectivity index (χ3v) is 11.5. The molecule has 1 saturated heterocycles. The molecule has 1 aliphatic heterocycles. The van der Waals surface area contributed by atoms with Crippen LogP contribution in [0.5, 0.6) is 0 Å². The van der Waals surface area contributed by atoms with E-state index in [1.165, 1.54) is 96.3 Å². The summed E-state index contributed by atoms with van der Waals surface area (Å²) in [4.78, 5) is 12.8. The second kappa shape index (κ2) is 46.5. The lowest BCUT2D eigenvalue weighted by Crippen LogP contribution is -2.59. The molecule has 6 unspecified atom stereocenters. The van der Waals surface area contributed by atoms with Gasteiger partial charge in [0, 0.05) is 13.0 Å². The monoisotopic (exact) mass is 913 g/mol. The normalized spacial score (nSPS) is 20.1. The molecule has 65 heavy (non-hydrogen) atoms. The van der Waals surface area contributed by atoms with Gasteiger partial charge in [-0.2, -0.15) is 0 Å². The first-order valence-corrected chi connectivity index (χ1v) is 26.2. The van der Waals surface area contributed by atoms with Gasteiger partial charge in [-0.15, -0.1) is 0 Å². The Labute approximate surface area is 397 Å². The Balaban J connectivity index is 2.24. The first-order chi connectivity index (χ1) is 31.9. The molecule has 0 aliphatic carbocycles. The average molecular weight is 913 g/mol. The molecule has 9 nitrogen and oxygen atoms in total. The number of aliphatic hydroxyl groups excluding tert-OH is 4. The number of rotatable bonds is 44. The molecule has 6 atom stereocenters. The molecule has 0 radical (unpaired) electrons. The largest absolute Gasteiger partial charge is 0.457 e. The van der Waals surface area contributed by atoms with E-state index in [0.29, 0.717) is 6.61 Å². The molecule has 0 aromatic rings. The highest BCUT2D eigenvalue weighted by Gasteiger charge is 2.44. The third kappa shape index (κ3) is 37.1. The number of unbranched alkanes of at least 4 members (excludes halogenated alkanes) is 19. The van der Waals surface area contributed by atoms with Gasteiger partial charge < -0.3 is 39.4 Å². The van der Waals surface area contributed by atoms with Crippen molar-refractivity contribution in [3.8, 4) is 0 Å². The highest BCUT2D eigenvalue weighted by Crippen LogP contribution is 2.22. The van der Waals surface area contributed by atoms with Crippen LogP contribution < -0.4 is 0 Å². The molecule has 0 saturated carbocycles. The first-order valence-electron chi connectivity index (χ1n) is 26.2. The van der Waals surface area contributed by atoms with Crippen LogP contribution in [0.2, 0.25) is 0 Å². The number of aliphatic hydroxyl groups is 4. The van der Waals surface area contributed by atoms with Crippen LogP contribution in [0.4, 0.5) is 0 Å². The minimum Gasteiger partial charge on any atom is -0.457 e. The van der Waals surface area contributed by atoms with E-state index in [1.807, 2.05) is 0 Å². The fraction of sp³-hybridized carbons (Fsp3) is 0.732. The summed E-state index contributed by atoms with van der Waals surface area (Å²) in [7, 11) is 0. The van der Waals surface area contributed by atoms with Crippen LogP contribution in [-0.4, -0.2) is 89.6 Å². The van der Waals surface area contributed by atoms with E-state index in [2.05, 4.69) is 98.9 Å². The van der Waals surface area contributed by atoms with Crippen LogP contribution in [0.3, 0.4) is 0 Å². The molecular weight excluding hydrogens is 817 g/mol. The van der Waals surface area contributed by atoms with Gasteiger partial charge in [0.25, 0.3) is 0 Å². The van der Waals surface area contributed by atoms with E-state index in [-0.39, 0.29) is 25.6 Å². The Morgan fingerprint density at radius 2 is 0.938 bits per heavy atom. The summed E-state index contributed by atoms with van der Waals surface area (Å²) in [6, 6.07) is 0. The van der Waals surface area contributed by atoms with Gasteiger partial charge in [0.1, 0.15) is 30.5 Å². The molecule has 0 bridgehead atoms. The number of ether oxygens (including phenoxy) is 4. The summed E-state index contributed by atoms with van der Waals surface area (Å²) in [5, 5.41) is 40.3. The smallest absolute Gasteiger partial charge is 0.306 e. The fourth-order valence-corrected chi connectivity index (χ4v) is 7.49. The molecule has 1 heterocycles. The number of esters is 1. The second-order valence-corrected chi connectivity index (χ2v) is 17.6. The fourth-order valence-electron chi connectivity index (χ4n) is 7.49. The summed E-state index contributed by atoms with van der Waals surface area (Å²) in [6.07, 6.45) is 56.1. The Morgan fingerprint density at radius 3 is 1.43 bits per heavy atom. The van der Waals surface area contributed by atoms with Crippen LogP contribution in [-0.2, 0) is 23.7 Å². The van der Waals surface area contributed by atoms with Crippen molar-refractivity contribution in [3.05, 3.63) is 85.1 Å². The summed E-state index contributed by atoms with van der Waals surface area (Å²) < 4.78 is 22.9. The van der Waals surface area contributed by atoms with Crippen molar-refractivity contribution in [1.82, 2.24) is 0 Å². The van der Waals surface area contributed by atoms with Crippen LogP contribution >= 0.6 is 0 Å². The maximum absolute atomic E-state index is 12.8. The Morgan fingerprint density at radius 1 is 0.508 bits per heavy atom. The highest BCUT2D eigenvalue weighted by molar-refractivity contribution is 5.69. The van der Waals surface area contributed by atoms with E-state index in [9.17, 15) is 25.2 Å². The average Bonchev–Trinajstić information content (AvgIpc) is 3.31. The lowest BCUT2D eigenvalue weighted by molar-refractivity contribution is -0.305. The molecular formula is C56H96O9. The quantitative estimate of drug-likeness (QED) is 0.0268. The van der Waals surface area contributed by atoms with Gasteiger partial charge >= 0.3 is 5.97 Å². The zero-order valence-corrected chi connectivity index (χ0v) is 41.2. The predicted molar refractivity (Wildman–Crippen MR) is 270 cm³/mol. The first kappa shape index (κ1) is 60.4. The number of allylic oxidation sites excluding steroid dienone is 14. The second-order valence-electron chi connectivity index (χ2n) is 17.6. The van der Waals surface area contributed by atoms with Crippen molar-refractivity contribution in [2.45, 2.75) is 237 Å². The molecule has 9 heteroatoms. The summed E-state index contributed by atoms with van der Waals surface area (Å²) >= 11 is 0. The molecule has 0 aromatic heterocycles. The highest BCUT2D eigenvalue weighted by atomic mass is 16.7. The molecule has 0 spiro atoms. The number of carbonyl (C=O) groups excluding carboxylic acids is 1. The van der Waals surface area contributed by atoms with Gasteiger partial charge in [-0.25, -0.2) is 0 Å². The standard InChI is InChI=1S/C56H96O9/c1-3-5-7-9-11-13-15-17-19-21-23-24-25-26-27-29-31-33-35-37-39-41-43-45-52(58)64-50(49-63-56-55(61)54(60)53(59)51(47-57)65-56)48-62-46-44-42-40-38-36-34-32-30-28-22-20-18-16-14-12-10-8-6-4-2/h5,7,11,13,17,19-20,22-24,26-27,31,33,50-51,53-57,59-61H,3-4,6,8-10,12,14-16,18,21,25,28-30,32,34-49H2,1-2H3/b7-5-,13-11-,19-17-,22-20-,24-23-,27-26-,33-31-. The van der Waals surface area contributed by atoms with Gasteiger partial charge in [-0.05, 0) is 89.9 Å². The number of carbonyl (C=O) groups is 1. The molecule has 1 rings (SSSR count). The van der Waals surface area contributed by atoms with Crippen molar-refractivity contribution in [1.29, 1.82) is 0 Å². The Hall–Kier alpha value is -2.63. The van der Waals surface area contributed by atoms with Gasteiger partial charge in [-0.3, -0.25) is 4.79 Å². The maximum atomic E-state index is 12.8. The van der Waals surface area contributed by atoms with E-state index in [1.54, 1.807) is 0 Å². The molecule has 4 N–H and O–H groups in total. The van der Waals surface area contributed by atoms with E-state index < -0.39 is 43.4 Å². The topological polar surface area (TPSA) is 135 Å². The lowest BCUT2D eigenvalue weighted by Gasteiger charge is -2.39. The zero-order chi connectivity index (χ0) is 47.1. The number of hydrogen-bond donors (Lipinski definition) is 4. The van der Waals surface area contributed by atoms with Crippen LogP contribution in [0.25, 0.3) is 0 Å². The van der Waals surface area contributed by atoms with Crippen molar-refractivity contribution >= 4 is 5.97 Å². The Bertz CT molecular complexity index is 1270. The van der Waals surface area contributed by atoms with Crippen molar-refractivity contribution in [3.63, 3.8) is 0 Å². The summed E-state index contributed by atoms with van der Waals surface area (Å²) in [5.74, 6) is -0.340. The van der Waals surface area contributed by atoms with E-state index in [4.69, 9.17) is 18.9 Å². The van der Waals surface area contributed by atoms with Gasteiger partial charge in [0.05, 0.1) is 19.8 Å². The van der Waals surface area contributed by atoms with Gasteiger partial charge in [0.15, 0.2) is 6.29 Å². The van der Waals surface area contributed by atoms with Crippen LogP contribution in [0.1, 0.15) is 200 Å². The third-order valence-electron chi connectivity index (χ3n) is 11.5. The molecule has 374 valence electrons. The molecule has 0 amide bonds. The SMILES string of the molecule is CC/C=C\C/C=C\C/C=C\C/C=C\C/C=C\C/C=C\CCCCCCC(=O)OC(COCCCCCCCCCC/C=C\CCCCCCCCC)COC1OC(CO)C(O)C(O)C1O. The van der Waals surface area contributed by atoms with Gasteiger partial charge in [0.2, 0.25) is 0 Å². The lowest BCUT2D eigenvalue weighted by atomic mass is 9.99. The van der Waals surface area contributed by atoms with Gasteiger partial charge in [-0.1, -0.05) is 189 Å². The van der Waals surface area contributed by atoms with E-state index in [0.717, 1.165) is 83.5 Å². The van der Waals surface area contributed by atoms with Crippen molar-refractivity contribution < 1.29 is 44.2 Å². The van der Waals surface area contributed by atoms with E-state index >= 15 is 0 Å².